The van der Waals surface area contributed by atoms with Crippen molar-refractivity contribution in [2.75, 3.05) is 26.7 Å². The van der Waals surface area contributed by atoms with Crippen molar-refractivity contribution in [2.24, 2.45) is 0 Å². The van der Waals surface area contributed by atoms with Crippen LogP contribution in [0.15, 0.2) is 23.1 Å². The summed E-state index contributed by atoms with van der Waals surface area (Å²) in [4.78, 5) is 2.44. The minimum absolute atomic E-state index is 0.164. The molecule has 146 valence electrons. The molecule has 1 aromatic carbocycles. The number of aromatic nitrogens is 3. The average Bonchev–Trinajstić information content (AvgIpc) is 3.13. The van der Waals surface area contributed by atoms with Gasteiger partial charge in [0.2, 0.25) is 10.0 Å². The van der Waals surface area contributed by atoms with E-state index in [9.17, 15) is 12.8 Å². The van der Waals surface area contributed by atoms with Crippen molar-refractivity contribution in [3.63, 3.8) is 0 Å². The number of aryl methyl sites for hydroxylation is 1. The molecule has 0 saturated carbocycles. The van der Waals surface area contributed by atoms with Crippen molar-refractivity contribution in [3.8, 4) is 0 Å². The largest absolute Gasteiger partial charge is 0.312 e. The molecule has 1 atom stereocenters. The maximum Gasteiger partial charge on any atom is 0.243 e. The smallest absolute Gasteiger partial charge is 0.243 e. The number of hydrogen-bond donors (Lipinski definition) is 0. The molecule has 0 radical (unpaired) electrons. The maximum absolute atomic E-state index is 13.4. The average molecular weight is 393 g/mol. The second kappa shape index (κ2) is 6.96. The molecule has 7 nitrogen and oxygen atoms in total. The quantitative estimate of drug-likeness (QED) is 0.794. The molecule has 0 spiro atoms. The van der Waals surface area contributed by atoms with Crippen LogP contribution in [0.25, 0.3) is 0 Å². The summed E-state index contributed by atoms with van der Waals surface area (Å²) < 4.78 is 43.1. The van der Waals surface area contributed by atoms with Gasteiger partial charge in [-0.05, 0) is 57.1 Å². The fourth-order valence-corrected chi connectivity index (χ4v) is 5.73. The summed E-state index contributed by atoms with van der Waals surface area (Å²) in [6, 6.07) is 4.05. The van der Waals surface area contributed by atoms with Crippen LogP contribution in [0, 0.1) is 12.7 Å². The fraction of sp³-hybridized carbons (Fsp3) is 0.556. The van der Waals surface area contributed by atoms with Crippen LogP contribution < -0.4 is 0 Å². The molecular weight excluding hydrogens is 369 g/mol. The summed E-state index contributed by atoms with van der Waals surface area (Å²) in [6.07, 6.45) is 2.70. The van der Waals surface area contributed by atoms with E-state index in [1.54, 1.807) is 6.92 Å². The lowest BCUT2D eigenvalue weighted by molar-refractivity contribution is 0.295. The lowest BCUT2D eigenvalue weighted by atomic mass is 10.2. The van der Waals surface area contributed by atoms with Gasteiger partial charge < -0.3 is 4.57 Å². The molecule has 0 aliphatic carbocycles. The van der Waals surface area contributed by atoms with Crippen molar-refractivity contribution in [1.29, 1.82) is 0 Å². The lowest BCUT2D eigenvalue weighted by Gasteiger charge is -2.22. The molecule has 2 aliphatic heterocycles. The number of sulfonamides is 1. The third kappa shape index (κ3) is 3.28. The van der Waals surface area contributed by atoms with Crippen LogP contribution in [-0.4, -0.2) is 59.1 Å². The molecule has 1 saturated heterocycles. The molecule has 0 bridgehead atoms. The summed E-state index contributed by atoms with van der Waals surface area (Å²) in [5, 5.41) is 8.73. The van der Waals surface area contributed by atoms with E-state index in [1.807, 2.05) is 0 Å². The highest BCUT2D eigenvalue weighted by Gasteiger charge is 2.32. The Morgan fingerprint density at radius 2 is 1.96 bits per heavy atom. The highest BCUT2D eigenvalue weighted by molar-refractivity contribution is 7.89. The Balaban J connectivity index is 1.59. The van der Waals surface area contributed by atoms with Gasteiger partial charge in [-0.25, -0.2) is 12.8 Å². The van der Waals surface area contributed by atoms with Gasteiger partial charge in [0, 0.05) is 26.1 Å². The first kappa shape index (κ1) is 18.5. The van der Waals surface area contributed by atoms with E-state index >= 15 is 0 Å². The number of benzene rings is 1. The van der Waals surface area contributed by atoms with Gasteiger partial charge in [0.1, 0.15) is 17.5 Å². The zero-order chi connectivity index (χ0) is 19.2. The minimum atomic E-state index is -3.68. The Kier molecular flexibility index (Phi) is 4.77. The van der Waals surface area contributed by atoms with Gasteiger partial charge in [0.25, 0.3) is 0 Å². The second-order valence-electron chi connectivity index (χ2n) is 7.33. The molecule has 2 aromatic rings. The van der Waals surface area contributed by atoms with Gasteiger partial charge in [0.05, 0.1) is 10.9 Å². The topological polar surface area (TPSA) is 71.3 Å². The number of likely N-dealkylation sites (tertiary alicyclic amines) is 1. The molecule has 0 N–H and O–H groups in total. The monoisotopic (exact) mass is 393 g/mol. The van der Waals surface area contributed by atoms with E-state index in [-0.39, 0.29) is 10.9 Å². The first-order chi connectivity index (χ1) is 12.9. The third-order valence-electron chi connectivity index (χ3n) is 5.59. The van der Waals surface area contributed by atoms with Crippen LogP contribution in [0.4, 0.5) is 4.39 Å². The minimum Gasteiger partial charge on any atom is -0.312 e. The number of hydrogen-bond acceptors (Lipinski definition) is 5. The van der Waals surface area contributed by atoms with Crippen molar-refractivity contribution >= 4 is 10.0 Å². The predicted molar refractivity (Wildman–Crippen MR) is 98.2 cm³/mol. The molecule has 9 heteroatoms. The second-order valence-corrected chi connectivity index (χ2v) is 9.23. The summed E-state index contributed by atoms with van der Waals surface area (Å²) in [7, 11) is -1.59. The van der Waals surface area contributed by atoms with Gasteiger partial charge in [-0.15, -0.1) is 10.2 Å². The zero-order valence-electron chi connectivity index (χ0n) is 15.6. The van der Waals surface area contributed by atoms with Crippen LogP contribution in [0.5, 0.6) is 0 Å². The molecule has 2 aliphatic rings. The van der Waals surface area contributed by atoms with E-state index in [0.717, 1.165) is 31.0 Å². The predicted octanol–water partition coefficient (Wildman–Crippen LogP) is 1.74. The van der Waals surface area contributed by atoms with Crippen LogP contribution in [0.3, 0.4) is 0 Å². The van der Waals surface area contributed by atoms with E-state index in [0.29, 0.717) is 31.6 Å². The van der Waals surface area contributed by atoms with Crippen LogP contribution in [0.1, 0.15) is 36.1 Å². The first-order valence-electron chi connectivity index (χ1n) is 9.26. The molecule has 1 unspecified atom stereocenters. The molecule has 27 heavy (non-hydrogen) atoms. The molecule has 4 rings (SSSR count). The first-order valence-corrected chi connectivity index (χ1v) is 10.7. The SMILES string of the molecule is Cc1cc(F)ccc1S(=O)(=O)N1CCc2nnc(C3CCCN3C)n2CC1. The van der Waals surface area contributed by atoms with E-state index in [2.05, 4.69) is 26.7 Å². The van der Waals surface area contributed by atoms with E-state index in [4.69, 9.17) is 0 Å². The Morgan fingerprint density at radius 1 is 1.15 bits per heavy atom. The van der Waals surface area contributed by atoms with Gasteiger partial charge in [0.15, 0.2) is 0 Å². The van der Waals surface area contributed by atoms with Crippen molar-refractivity contribution in [3.05, 3.63) is 41.2 Å². The van der Waals surface area contributed by atoms with Crippen molar-refractivity contribution in [1.82, 2.24) is 24.0 Å². The van der Waals surface area contributed by atoms with Gasteiger partial charge >= 0.3 is 0 Å². The molecule has 3 heterocycles. The molecule has 1 aromatic heterocycles. The number of rotatable bonds is 3. The normalized spacial score (nSPS) is 22.0. The Bertz CT molecular complexity index is 959. The standard InChI is InChI=1S/C18H24FN5O2S/c1-13-12-14(19)5-6-16(13)27(25,26)23-9-7-17-20-21-18(24(17)11-10-23)15-4-3-8-22(15)2/h5-6,12,15H,3-4,7-11H2,1-2H3. The number of fused-ring (bicyclic) bond motifs is 1. The molecule has 1 fully saturated rings. The summed E-state index contributed by atoms with van der Waals surface area (Å²) in [5.41, 5.74) is 0.423. The highest BCUT2D eigenvalue weighted by Crippen LogP contribution is 2.30. The van der Waals surface area contributed by atoms with Gasteiger partial charge in [-0.3, -0.25) is 4.90 Å². The summed E-state index contributed by atoms with van der Waals surface area (Å²) in [5.74, 6) is 1.33. The highest BCUT2D eigenvalue weighted by atomic mass is 32.2. The van der Waals surface area contributed by atoms with Crippen molar-refractivity contribution in [2.45, 2.75) is 43.7 Å². The van der Waals surface area contributed by atoms with Gasteiger partial charge in [-0.1, -0.05) is 0 Å². The molecular formula is C18H24FN5O2S. The fourth-order valence-electron chi connectivity index (χ4n) is 4.09. The molecule has 0 amide bonds. The third-order valence-corrected chi connectivity index (χ3v) is 7.65. The van der Waals surface area contributed by atoms with E-state index in [1.165, 1.54) is 22.5 Å². The van der Waals surface area contributed by atoms with E-state index < -0.39 is 15.8 Å². The maximum atomic E-state index is 13.4. The van der Waals surface area contributed by atoms with Crippen LogP contribution in [-0.2, 0) is 23.0 Å². The number of nitrogens with zero attached hydrogens (tertiary/aromatic N) is 5. The van der Waals surface area contributed by atoms with Crippen LogP contribution in [0.2, 0.25) is 0 Å². The summed E-state index contributed by atoms with van der Waals surface area (Å²) in [6.45, 7) is 3.89. The Labute approximate surface area is 158 Å². The Hall–Kier alpha value is -1.84. The summed E-state index contributed by atoms with van der Waals surface area (Å²) >= 11 is 0. The zero-order valence-corrected chi connectivity index (χ0v) is 16.4. The lowest BCUT2D eigenvalue weighted by Crippen LogP contribution is -2.34. The van der Waals surface area contributed by atoms with Crippen molar-refractivity contribution < 1.29 is 12.8 Å². The Morgan fingerprint density at radius 3 is 2.67 bits per heavy atom. The van der Waals surface area contributed by atoms with Gasteiger partial charge in [-0.2, -0.15) is 4.31 Å². The number of halogens is 1. The van der Waals surface area contributed by atoms with Crippen LogP contribution >= 0.6 is 0 Å².